The zero-order valence-corrected chi connectivity index (χ0v) is 15.5. The van der Waals surface area contributed by atoms with Gasteiger partial charge < -0.3 is 14.6 Å². The minimum atomic E-state index is -0.691. The second-order valence-electron chi connectivity index (χ2n) is 7.50. The first-order chi connectivity index (χ1) is 12.0. The fraction of sp³-hybridized carbons (Fsp3) is 0.550. The number of rotatable bonds is 6. The summed E-state index contributed by atoms with van der Waals surface area (Å²) < 4.78 is 2.28. The number of carboxylic acids is 1. The first-order valence-electron chi connectivity index (χ1n) is 9.09. The van der Waals surface area contributed by atoms with Gasteiger partial charge in [0.05, 0.1) is 0 Å². The van der Waals surface area contributed by atoms with E-state index in [0.29, 0.717) is 12.0 Å². The lowest BCUT2D eigenvalue weighted by Crippen LogP contribution is -2.48. The summed E-state index contributed by atoms with van der Waals surface area (Å²) in [5, 5.41) is 10.3. The van der Waals surface area contributed by atoms with Gasteiger partial charge in [0.1, 0.15) is 0 Å². The Labute approximate surface area is 149 Å². The fourth-order valence-electron chi connectivity index (χ4n) is 4.24. The minimum Gasteiger partial charge on any atom is -0.481 e. The lowest BCUT2D eigenvalue weighted by atomic mass is 9.87. The summed E-state index contributed by atoms with van der Waals surface area (Å²) in [4.78, 5) is 15.8. The minimum absolute atomic E-state index is 0.261. The van der Waals surface area contributed by atoms with E-state index < -0.39 is 5.97 Å². The van der Waals surface area contributed by atoms with E-state index in [-0.39, 0.29) is 6.42 Å². The Morgan fingerprint density at radius 1 is 1.32 bits per heavy atom. The van der Waals surface area contributed by atoms with Crippen LogP contribution in [0.3, 0.4) is 0 Å². The van der Waals surface area contributed by atoms with Crippen molar-refractivity contribution in [3.8, 4) is 0 Å². The van der Waals surface area contributed by atoms with Crippen LogP contribution < -0.4 is 0 Å². The number of carbonyl (C=O) groups is 1. The van der Waals surface area contributed by atoms with Crippen molar-refractivity contribution in [2.75, 3.05) is 27.2 Å². The summed E-state index contributed by atoms with van der Waals surface area (Å²) in [6.45, 7) is 2.96. The van der Waals surface area contributed by atoms with Gasteiger partial charge >= 0.3 is 5.97 Å². The Bertz CT molecular complexity index is 738. The molecule has 25 heavy (non-hydrogen) atoms. The van der Waals surface area contributed by atoms with Crippen LogP contribution in [0.1, 0.15) is 25.0 Å². The summed E-state index contributed by atoms with van der Waals surface area (Å²) in [5.74, 6) is -0.280. The highest BCUT2D eigenvalue weighted by Gasteiger charge is 2.31. The molecule has 0 unspecified atom stereocenters. The molecule has 1 aliphatic heterocycles. The molecule has 3 rings (SSSR count). The number of aryl methyl sites for hydroxylation is 1. The van der Waals surface area contributed by atoms with E-state index >= 15 is 0 Å². The number of aliphatic carboxylic acids is 1. The standard InChI is InChI=1S/C20H29N3O2/c1-21(2)18-10-11-23(13-16(18)8-9-20(24)25)14-17-12-15-6-4-5-7-19(15)22(17)3/h4-7,12,16,18H,8-11,13-14H2,1-3H3,(H,24,25)/t16-,18+/m1/s1. The van der Waals surface area contributed by atoms with Gasteiger partial charge in [-0.1, -0.05) is 18.2 Å². The van der Waals surface area contributed by atoms with E-state index in [2.05, 4.69) is 65.8 Å². The highest BCUT2D eigenvalue weighted by Crippen LogP contribution is 2.27. The molecule has 0 radical (unpaired) electrons. The molecule has 1 aliphatic rings. The quantitative estimate of drug-likeness (QED) is 0.876. The largest absolute Gasteiger partial charge is 0.481 e. The molecule has 0 saturated carbocycles. The van der Waals surface area contributed by atoms with Gasteiger partial charge in [-0.25, -0.2) is 0 Å². The second-order valence-corrected chi connectivity index (χ2v) is 7.50. The van der Waals surface area contributed by atoms with Gasteiger partial charge in [0.15, 0.2) is 0 Å². The van der Waals surface area contributed by atoms with E-state index in [0.717, 1.165) is 32.5 Å². The number of aromatic nitrogens is 1. The SMILES string of the molecule is CN(C)[C@H]1CCN(Cc2cc3ccccc3n2C)C[C@H]1CCC(=O)O. The normalized spacial score (nSPS) is 21.9. The van der Waals surface area contributed by atoms with Crippen molar-refractivity contribution in [3.05, 3.63) is 36.0 Å². The van der Waals surface area contributed by atoms with E-state index in [4.69, 9.17) is 5.11 Å². The number of benzene rings is 1. The van der Waals surface area contributed by atoms with Crippen molar-refractivity contribution < 1.29 is 9.90 Å². The maximum atomic E-state index is 11.0. The van der Waals surface area contributed by atoms with Gasteiger partial charge in [0, 0.05) is 50.4 Å². The van der Waals surface area contributed by atoms with Crippen molar-refractivity contribution in [2.24, 2.45) is 13.0 Å². The van der Waals surface area contributed by atoms with Crippen molar-refractivity contribution in [1.29, 1.82) is 0 Å². The molecule has 1 fully saturated rings. The summed E-state index contributed by atoms with van der Waals surface area (Å²) in [7, 11) is 6.35. The van der Waals surface area contributed by atoms with E-state index in [1.54, 1.807) is 0 Å². The molecule has 2 heterocycles. The third-order valence-corrected chi connectivity index (χ3v) is 5.61. The first kappa shape index (κ1) is 18.0. The zero-order valence-electron chi connectivity index (χ0n) is 15.5. The lowest BCUT2D eigenvalue weighted by Gasteiger charge is -2.41. The molecule has 2 aromatic rings. The van der Waals surface area contributed by atoms with Crippen LogP contribution in [0.25, 0.3) is 10.9 Å². The monoisotopic (exact) mass is 343 g/mol. The van der Waals surface area contributed by atoms with E-state index in [1.807, 2.05) is 0 Å². The smallest absolute Gasteiger partial charge is 0.303 e. The Hall–Kier alpha value is -1.85. The van der Waals surface area contributed by atoms with Crippen LogP contribution in [0.2, 0.25) is 0 Å². The Morgan fingerprint density at radius 3 is 2.76 bits per heavy atom. The van der Waals surface area contributed by atoms with Gasteiger partial charge in [-0.2, -0.15) is 0 Å². The maximum Gasteiger partial charge on any atom is 0.303 e. The topological polar surface area (TPSA) is 48.7 Å². The summed E-state index contributed by atoms with van der Waals surface area (Å²) in [6, 6.07) is 11.2. The number of likely N-dealkylation sites (tertiary alicyclic amines) is 1. The number of hydrogen-bond acceptors (Lipinski definition) is 3. The van der Waals surface area contributed by atoms with Crippen molar-refractivity contribution >= 4 is 16.9 Å². The van der Waals surface area contributed by atoms with Crippen molar-refractivity contribution in [3.63, 3.8) is 0 Å². The number of para-hydroxylation sites is 1. The van der Waals surface area contributed by atoms with Gasteiger partial charge in [0.25, 0.3) is 0 Å². The van der Waals surface area contributed by atoms with Crippen LogP contribution in [0, 0.1) is 5.92 Å². The second kappa shape index (κ2) is 7.58. The van der Waals surface area contributed by atoms with Gasteiger partial charge in [-0.15, -0.1) is 0 Å². The summed E-state index contributed by atoms with van der Waals surface area (Å²) >= 11 is 0. The number of piperidine rings is 1. The molecule has 0 aliphatic carbocycles. The average molecular weight is 343 g/mol. The predicted octanol–water partition coefficient (Wildman–Crippen LogP) is 2.80. The molecule has 1 aromatic carbocycles. The van der Waals surface area contributed by atoms with Crippen LogP contribution >= 0.6 is 0 Å². The number of carboxylic acid groups (broad SMARTS) is 1. The summed E-state index contributed by atoms with van der Waals surface area (Å²) in [6.07, 6.45) is 2.11. The molecule has 0 bridgehead atoms. The number of nitrogens with zero attached hydrogens (tertiary/aromatic N) is 3. The Morgan fingerprint density at radius 2 is 2.08 bits per heavy atom. The molecule has 1 saturated heterocycles. The highest BCUT2D eigenvalue weighted by atomic mass is 16.4. The van der Waals surface area contributed by atoms with Crippen molar-refractivity contribution in [2.45, 2.75) is 31.8 Å². The molecule has 5 nitrogen and oxygen atoms in total. The lowest BCUT2D eigenvalue weighted by molar-refractivity contribution is -0.137. The van der Waals surface area contributed by atoms with Crippen LogP contribution in [-0.4, -0.2) is 58.7 Å². The molecule has 5 heteroatoms. The van der Waals surface area contributed by atoms with Crippen LogP contribution in [0.4, 0.5) is 0 Å². The molecule has 1 N–H and O–H groups in total. The maximum absolute atomic E-state index is 11.0. The Balaban J connectivity index is 1.71. The molecule has 1 aromatic heterocycles. The van der Waals surface area contributed by atoms with Gasteiger partial charge in [-0.3, -0.25) is 9.69 Å². The Kier molecular flexibility index (Phi) is 5.45. The molecule has 136 valence electrons. The average Bonchev–Trinajstić information content (AvgIpc) is 2.89. The number of hydrogen-bond donors (Lipinski definition) is 1. The van der Waals surface area contributed by atoms with Gasteiger partial charge in [0.2, 0.25) is 0 Å². The fourth-order valence-corrected chi connectivity index (χ4v) is 4.24. The third-order valence-electron chi connectivity index (χ3n) is 5.61. The van der Waals surface area contributed by atoms with Crippen LogP contribution in [0.15, 0.2) is 30.3 Å². The molecule has 2 atom stereocenters. The summed E-state index contributed by atoms with van der Waals surface area (Å²) in [5.41, 5.74) is 2.59. The highest BCUT2D eigenvalue weighted by molar-refractivity contribution is 5.81. The van der Waals surface area contributed by atoms with Crippen molar-refractivity contribution in [1.82, 2.24) is 14.4 Å². The zero-order chi connectivity index (χ0) is 18.0. The molecule has 0 amide bonds. The number of fused-ring (bicyclic) bond motifs is 1. The molecule has 0 spiro atoms. The van der Waals surface area contributed by atoms with E-state index in [1.165, 1.54) is 16.6 Å². The van der Waals surface area contributed by atoms with Gasteiger partial charge in [-0.05, 0) is 50.4 Å². The first-order valence-corrected chi connectivity index (χ1v) is 9.09. The van der Waals surface area contributed by atoms with E-state index in [9.17, 15) is 4.79 Å². The predicted molar refractivity (Wildman–Crippen MR) is 101 cm³/mol. The van der Waals surface area contributed by atoms with Crippen LogP contribution in [-0.2, 0) is 18.4 Å². The molecular weight excluding hydrogens is 314 g/mol. The third kappa shape index (κ3) is 4.05. The molecular formula is C20H29N3O2. The van der Waals surface area contributed by atoms with Crippen LogP contribution in [0.5, 0.6) is 0 Å².